The van der Waals surface area contributed by atoms with E-state index in [0.717, 1.165) is 31.5 Å². The zero-order valence-corrected chi connectivity index (χ0v) is 76.3. The Labute approximate surface area is 780 Å². The van der Waals surface area contributed by atoms with Crippen LogP contribution in [0.1, 0.15) is 113 Å². The van der Waals surface area contributed by atoms with Crippen molar-refractivity contribution >= 4 is 123 Å². The summed E-state index contributed by atoms with van der Waals surface area (Å²) in [4.78, 5) is 258. The molecule has 0 spiro atoms. The average molecular weight is 1900 g/mol. The zero-order valence-electron chi connectivity index (χ0n) is 75.5. The van der Waals surface area contributed by atoms with E-state index in [1.165, 1.54) is 52.2 Å². The van der Waals surface area contributed by atoms with Gasteiger partial charge in [0, 0.05) is 102 Å². The summed E-state index contributed by atoms with van der Waals surface area (Å²) in [6.07, 6.45) is -6.34. The number of hydrogen-bond acceptors (Lipinski definition) is 22. The molecule has 3 aliphatic heterocycles. The summed E-state index contributed by atoms with van der Waals surface area (Å²) in [5, 5.41) is 67.0. The number of amides is 16. The summed E-state index contributed by atoms with van der Waals surface area (Å²) in [5.41, 5.74) is 18.9. The number of aliphatic carboxylic acids is 1. The zero-order chi connectivity index (χ0) is 98.8. The molecule has 6 aromatic rings. The van der Waals surface area contributed by atoms with Crippen molar-refractivity contribution < 1.29 is 115 Å². The summed E-state index contributed by atoms with van der Waals surface area (Å²) < 4.78 is 45.1. The number of rotatable bonds is 25. The molecule has 43 heteroatoms. The highest BCUT2D eigenvalue weighted by atomic mass is 32.2. The fourth-order valence-electron chi connectivity index (χ4n) is 16.4. The number of aromatic hydroxyl groups is 1. The Bertz CT molecular complexity index is 5260. The van der Waals surface area contributed by atoms with Crippen LogP contribution in [0.25, 0.3) is 10.9 Å². The number of unbranched alkanes of at least 4 members (excludes halogenated alkanes) is 2. The standard InChI is InChI=1S/C92H117F3N18O21S/c1-7-8-26-69-91(133)113-46-57(116)40-72(113)87(129)105-65(42-77(120)121)84(126)108-79(49(2)3)92(134)110(5)70(36-50-19-11-9-12-20-50)85(127)106-67(41-74(97)117)89(131)112-45-56(115)39-71(112)86(128)104-64(38-54-43-99-61-24-16-15-23-58(54)61)83(125)103-63(34-52-27-29-55(114)30-28-52)82(124)102-62(25-17-18-31-96)81(123)107-68(80(122)100-44-75(98)118)47-135-48-76(119)101-66(35-53-32-59(93)78(95)60(94)33-53)88(130)111(6)73(90(132)109(69)4)37-51-21-13-10-14-22-51/h9-16,19-24,27-30,32-33,43,49,56-57,62-73,79,99,114-116H,7-8,17-18,25-26,31,34-42,44-48,96H2,1-6H3,(H2,97,117)(H2,98,118)(H,100,122)(H,101,119)(H,102,124)(H,103,125)(H,104,128)(H,105,129)(H,106,127)(H,107,123)(H,108,126)(H,120,121)/t56-,57-,62+,63+,64+,65+,66+,67+,68+,69+,70+,71-,72-,73+,79+/m1/s1. The lowest BCUT2D eigenvalue weighted by Gasteiger charge is -2.38. The van der Waals surface area contributed by atoms with Gasteiger partial charge in [0.2, 0.25) is 94.5 Å². The van der Waals surface area contributed by atoms with Crippen molar-refractivity contribution in [2.45, 2.75) is 208 Å². The van der Waals surface area contributed by atoms with Crippen LogP contribution in [0.2, 0.25) is 0 Å². The molecule has 0 unspecified atom stereocenters. The first kappa shape index (κ1) is 105. The number of nitrogens with zero attached hydrogens (tertiary/aromatic N) is 5. The molecule has 9 rings (SSSR count). The molecule has 15 atom stereocenters. The molecule has 0 radical (unpaired) electrons. The van der Waals surface area contributed by atoms with E-state index >= 15 is 56.7 Å². The number of nitrogens with two attached hydrogens (primary N) is 3. The Morgan fingerprint density at radius 3 is 1.59 bits per heavy atom. The number of carboxylic acid groups (broad SMARTS) is 1. The molecule has 4 heterocycles. The number of carboxylic acids is 1. The maximum Gasteiger partial charge on any atom is 0.305 e. The number of phenolic OH excluding ortho intramolecular Hbond substituents is 1. The van der Waals surface area contributed by atoms with Crippen molar-refractivity contribution in [1.29, 1.82) is 0 Å². The SMILES string of the molecule is CCCC[C@H]1C(=O)N2C[C@H](O)C[C@@H]2C(=O)N[C@@H](CC(=O)O)C(=O)N[C@@H](C(C)C)C(=O)N(C)[C@@H](Cc2ccccc2)C(=O)N[C@@H](CC(N)=O)C(=O)N2C[C@H](O)C[C@@H]2C(=O)N[C@@H](Cc2c[nH]c3ccccc23)C(=O)N[C@@H](Cc2ccc(O)cc2)C(=O)N[C@@H](CCCCN)C(=O)N[C@H](C(=O)NCC(N)=O)CSCC(=O)N[C@@H](Cc2cc(F)c(F)c(F)c2)C(=O)N(C)[C@@H](Cc2ccccc2)C(=O)N1C. The van der Waals surface area contributed by atoms with E-state index in [0.29, 0.717) is 63.5 Å². The second-order valence-corrected chi connectivity index (χ2v) is 35.2. The van der Waals surface area contributed by atoms with Gasteiger partial charge in [-0.05, 0) is 96.3 Å². The van der Waals surface area contributed by atoms with Gasteiger partial charge in [0.1, 0.15) is 84.3 Å². The molecule has 3 fully saturated rings. The van der Waals surface area contributed by atoms with Gasteiger partial charge in [-0.2, -0.15) is 0 Å². The summed E-state index contributed by atoms with van der Waals surface area (Å²) >= 11 is 0.633. The third-order valence-electron chi connectivity index (χ3n) is 23.7. The van der Waals surface area contributed by atoms with Crippen molar-refractivity contribution in [3.63, 3.8) is 0 Å². The minimum absolute atomic E-state index is 0.0707. The Morgan fingerprint density at radius 1 is 0.504 bits per heavy atom. The quantitative estimate of drug-likeness (QED) is 0.0235. The van der Waals surface area contributed by atoms with Crippen LogP contribution in [0.5, 0.6) is 5.75 Å². The monoisotopic (exact) mass is 1900 g/mol. The smallest absolute Gasteiger partial charge is 0.305 e. The van der Waals surface area contributed by atoms with Crippen LogP contribution in [-0.2, 0) is 114 Å². The molecule has 5 aromatic carbocycles. The molecule has 20 N–H and O–H groups in total. The summed E-state index contributed by atoms with van der Waals surface area (Å²) in [6.45, 7) is 2.77. The highest BCUT2D eigenvalue weighted by Crippen LogP contribution is 2.29. The number of fused-ring (bicyclic) bond motifs is 3. The topological polar surface area (TPSA) is 589 Å². The average Bonchev–Trinajstić information content (AvgIpc) is 1.74. The Balaban J connectivity index is 1.15. The van der Waals surface area contributed by atoms with Crippen LogP contribution in [0.4, 0.5) is 13.2 Å². The van der Waals surface area contributed by atoms with Crippen molar-refractivity contribution in [2.75, 3.05) is 58.8 Å². The first-order valence-electron chi connectivity index (χ1n) is 44.2. The number of aliphatic hydroxyl groups is 2. The van der Waals surface area contributed by atoms with Crippen LogP contribution in [0.3, 0.4) is 0 Å². The predicted octanol–water partition coefficient (Wildman–Crippen LogP) is -1.24. The van der Waals surface area contributed by atoms with Crippen LogP contribution in [0.15, 0.2) is 128 Å². The molecule has 1 aromatic heterocycles. The minimum atomic E-state index is -2.08. The van der Waals surface area contributed by atoms with Crippen LogP contribution >= 0.6 is 11.8 Å². The third-order valence-corrected chi connectivity index (χ3v) is 24.7. The van der Waals surface area contributed by atoms with Crippen molar-refractivity contribution in [3.05, 3.63) is 173 Å². The predicted molar refractivity (Wildman–Crippen MR) is 484 cm³/mol. The number of phenols is 1. The Hall–Kier alpha value is -13.6. The number of primary amides is 2. The summed E-state index contributed by atoms with van der Waals surface area (Å²) in [5.74, 6) is -26.9. The van der Waals surface area contributed by atoms with Gasteiger partial charge in [-0.1, -0.05) is 125 Å². The number of H-pyrrole nitrogens is 1. The van der Waals surface area contributed by atoms with E-state index in [1.807, 2.05) is 0 Å². The molecule has 3 aliphatic rings. The van der Waals surface area contributed by atoms with Gasteiger partial charge >= 0.3 is 5.97 Å². The number of carbonyl (C=O) groups is 17. The number of carbonyl (C=O) groups excluding carboxylic acids is 16. The molecular formula is C92H117F3N18O21S. The Morgan fingerprint density at radius 2 is 1.01 bits per heavy atom. The maximum absolute atomic E-state index is 15.7. The fourth-order valence-corrected chi connectivity index (χ4v) is 17.3. The van der Waals surface area contributed by atoms with Gasteiger partial charge in [-0.25, -0.2) is 13.2 Å². The first-order chi connectivity index (χ1) is 64.1. The second-order valence-electron chi connectivity index (χ2n) is 34.2. The van der Waals surface area contributed by atoms with E-state index < -0.39 is 290 Å². The number of nitrogens with one attached hydrogen (secondary N) is 10. The van der Waals surface area contributed by atoms with Gasteiger partial charge in [-0.15, -0.1) is 11.8 Å². The van der Waals surface area contributed by atoms with E-state index in [-0.39, 0.29) is 63.7 Å². The molecule has 728 valence electrons. The third kappa shape index (κ3) is 29.2. The van der Waals surface area contributed by atoms with Gasteiger partial charge in [0.25, 0.3) is 0 Å². The first-order valence-corrected chi connectivity index (χ1v) is 45.4. The number of hydrogen-bond donors (Lipinski definition) is 17. The van der Waals surface area contributed by atoms with E-state index in [9.17, 15) is 58.4 Å². The second kappa shape index (κ2) is 49.4. The molecule has 0 bridgehead atoms. The van der Waals surface area contributed by atoms with Gasteiger partial charge in [-0.3, -0.25) is 81.5 Å². The van der Waals surface area contributed by atoms with E-state index in [1.54, 1.807) is 98.0 Å². The summed E-state index contributed by atoms with van der Waals surface area (Å²) in [6, 6.07) is 6.53. The molecule has 0 aliphatic carbocycles. The van der Waals surface area contributed by atoms with Gasteiger partial charge in [0.05, 0.1) is 37.3 Å². The molecule has 39 nitrogen and oxygen atoms in total. The number of para-hydroxylation sites is 1. The van der Waals surface area contributed by atoms with Crippen molar-refractivity contribution in [1.82, 2.24) is 77.3 Å². The number of thioether (sulfide) groups is 1. The van der Waals surface area contributed by atoms with Crippen molar-refractivity contribution in [3.8, 4) is 5.75 Å². The lowest BCUT2D eigenvalue weighted by atomic mass is 9.98. The van der Waals surface area contributed by atoms with Crippen molar-refractivity contribution in [2.24, 2.45) is 23.1 Å². The number of aliphatic hydroxyl groups excluding tert-OH is 2. The minimum Gasteiger partial charge on any atom is -0.508 e. The summed E-state index contributed by atoms with van der Waals surface area (Å²) in [7, 11) is 3.53. The lowest BCUT2D eigenvalue weighted by molar-refractivity contribution is -0.152. The number of benzene rings is 5. The molecule has 0 saturated carbocycles. The highest BCUT2D eigenvalue weighted by Gasteiger charge is 2.49. The highest BCUT2D eigenvalue weighted by molar-refractivity contribution is 8.00. The van der Waals surface area contributed by atoms with Gasteiger partial charge in [0.15, 0.2) is 17.5 Å². The van der Waals surface area contributed by atoms with E-state index in [4.69, 9.17) is 17.2 Å². The van der Waals surface area contributed by atoms with E-state index in [2.05, 4.69) is 52.8 Å². The number of halogens is 3. The molecule has 3 saturated heterocycles. The molecule has 135 heavy (non-hydrogen) atoms. The number of aromatic amines is 1. The van der Waals surface area contributed by atoms with Crippen LogP contribution < -0.4 is 65.1 Å². The normalized spacial score (nSPS) is 24.5. The molecule has 16 amide bonds. The maximum atomic E-state index is 15.7. The molecular weight excluding hydrogens is 1780 g/mol. The largest absolute Gasteiger partial charge is 0.508 e. The van der Waals surface area contributed by atoms with Crippen LogP contribution in [-0.4, -0.2) is 300 Å². The van der Waals surface area contributed by atoms with Gasteiger partial charge < -0.3 is 115 Å². The lowest BCUT2D eigenvalue weighted by Crippen LogP contribution is -2.62. The fraction of sp³-hybridized carbons (Fsp3) is 0.467. The number of likely N-dealkylation sites (N-methyl/N-ethyl adjacent to an activating group) is 3. The number of aromatic nitrogens is 1. The Kier molecular flexibility index (Phi) is 38.5. The van der Waals surface area contributed by atoms with Crippen LogP contribution in [0, 0.1) is 23.4 Å².